The maximum absolute atomic E-state index is 12.9. The van der Waals surface area contributed by atoms with Gasteiger partial charge < -0.3 is 19.3 Å². The molecule has 2 heterocycles. The summed E-state index contributed by atoms with van der Waals surface area (Å²) in [5.41, 5.74) is -0.0829. The molecule has 0 unspecified atom stereocenters. The van der Waals surface area contributed by atoms with Gasteiger partial charge in [-0.3, -0.25) is 9.59 Å². The summed E-state index contributed by atoms with van der Waals surface area (Å²) in [7, 11) is 0. The summed E-state index contributed by atoms with van der Waals surface area (Å²) in [6.45, 7) is 2.08. The van der Waals surface area contributed by atoms with Crippen molar-refractivity contribution >= 4 is 17.9 Å². The molecule has 0 saturated carbocycles. The Hall–Kier alpha value is -3.49. The first-order valence-corrected chi connectivity index (χ1v) is 10.1. The van der Waals surface area contributed by atoms with Crippen molar-refractivity contribution in [3.05, 3.63) is 65.2 Å². The third-order valence-corrected chi connectivity index (χ3v) is 5.30. The number of hydrogen-bond donors (Lipinski definition) is 0. The van der Waals surface area contributed by atoms with Crippen molar-refractivity contribution in [3.63, 3.8) is 0 Å². The zero-order valence-electron chi connectivity index (χ0n) is 17.1. The molecule has 0 N–H and O–H groups in total. The summed E-state index contributed by atoms with van der Waals surface area (Å²) < 4.78 is 49.7. The third-order valence-electron chi connectivity index (χ3n) is 5.30. The number of piperazine rings is 1. The molecular weight excluding hydrogens is 425 g/mol. The lowest BCUT2D eigenvalue weighted by atomic mass is 10.1. The van der Waals surface area contributed by atoms with Crippen LogP contribution < -0.4 is 9.47 Å². The smallest absolute Gasteiger partial charge is 0.416 e. The molecule has 4 rings (SSSR count). The first kappa shape index (κ1) is 21.7. The summed E-state index contributed by atoms with van der Waals surface area (Å²) in [5.74, 6) is 0.620. The molecule has 0 bridgehead atoms. The molecule has 1 saturated heterocycles. The maximum atomic E-state index is 12.9. The molecule has 168 valence electrons. The average molecular weight is 446 g/mol. The van der Waals surface area contributed by atoms with Gasteiger partial charge in [-0.05, 0) is 42.0 Å². The minimum absolute atomic E-state index is 0.0156. The number of alkyl halides is 3. The van der Waals surface area contributed by atoms with Crippen molar-refractivity contribution in [1.82, 2.24) is 9.80 Å². The molecule has 2 aromatic rings. The Kier molecular flexibility index (Phi) is 6.07. The Morgan fingerprint density at radius 2 is 1.56 bits per heavy atom. The van der Waals surface area contributed by atoms with E-state index in [0.717, 1.165) is 17.7 Å². The van der Waals surface area contributed by atoms with E-state index in [4.69, 9.17) is 9.47 Å². The first-order chi connectivity index (χ1) is 15.3. The predicted octanol–water partition coefficient (Wildman–Crippen LogP) is 3.47. The predicted molar refractivity (Wildman–Crippen MR) is 110 cm³/mol. The second-order valence-electron chi connectivity index (χ2n) is 7.43. The molecule has 32 heavy (non-hydrogen) atoms. The van der Waals surface area contributed by atoms with Crippen LogP contribution in [0.15, 0.2) is 48.5 Å². The number of halogens is 3. The van der Waals surface area contributed by atoms with Gasteiger partial charge in [0.25, 0.3) is 5.91 Å². The molecule has 6 nitrogen and oxygen atoms in total. The van der Waals surface area contributed by atoms with Gasteiger partial charge in [0, 0.05) is 37.8 Å². The average Bonchev–Trinajstić information content (AvgIpc) is 2.81. The van der Waals surface area contributed by atoms with E-state index in [1.807, 2.05) is 6.07 Å². The van der Waals surface area contributed by atoms with Gasteiger partial charge in [-0.15, -0.1) is 0 Å². The van der Waals surface area contributed by atoms with Crippen molar-refractivity contribution in [2.75, 3.05) is 39.4 Å². The molecule has 0 aromatic heterocycles. The summed E-state index contributed by atoms with van der Waals surface area (Å²) in [6.07, 6.45) is -1.37. The Bertz CT molecular complexity index is 1040. The van der Waals surface area contributed by atoms with Crippen molar-refractivity contribution in [3.8, 4) is 11.5 Å². The molecule has 2 amide bonds. The number of rotatable bonds is 3. The largest absolute Gasteiger partial charge is 0.486 e. The zero-order valence-corrected chi connectivity index (χ0v) is 17.1. The van der Waals surface area contributed by atoms with Crippen LogP contribution in [0.2, 0.25) is 0 Å². The molecule has 0 atom stereocenters. The fourth-order valence-corrected chi connectivity index (χ4v) is 3.58. The fraction of sp³-hybridized carbons (Fsp3) is 0.304. The Morgan fingerprint density at radius 1 is 0.875 bits per heavy atom. The van der Waals surface area contributed by atoms with E-state index in [1.54, 1.807) is 23.1 Å². The number of ether oxygens (including phenoxy) is 2. The second kappa shape index (κ2) is 8.94. The summed E-state index contributed by atoms with van der Waals surface area (Å²) in [4.78, 5) is 28.2. The van der Waals surface area contributed by atoms with Gasteiger partial charge in [0.05, 0.1) is 5.56 Å². The van der Waals surface area contributed by atoms with Gasteiger partial charge in [0.2, 0.25) is 5.91 Å². The fourth-order valence-electron chi connectivity index (χ4n) is 3.58. The van der Waals surface area contributed by atoms with Crippen molar-refractivity contribution < 1.29 is 32.2 Å². The SMILES string of the molecule is O=C(/C=C/c1ccc2c(c1)OCCO2)N1CCN(C(=O)c2cccc(C(F)(F)F)c2)CC1. The van der Waals surface area contributed by atoms with Crippen molar-refractivity contribution in [1.29, 1.82) is 0 Å². The van der Waals surface area contributed by atoms with E-state index in [2.05, 4.69) is 0 Å². The number of hydrogen-bond acceptors (Lipinski definition) is 4. The van der Waals surface area contributed by atoms with E-state index in [-0.39, 0.29) is 24.6 Å². The molecule has 1 fully saturated rings. The van der Waals surface area contributed by atoms with E-state index in [9.17, 15) is 22.8 Å². The van der Waals surface area contributed by atoms with Crippen LogP contribution in [-0.4, -0.2) is 61.0 Å². The van der Waals surface area contributed by atoms with Gasteiger partial charge in [-0.25, -0.2) is 0 Å². The van der Waals surface area contributed by atoms with Crippen LogP contribution in [0.1, 0.15) is 21.5 Å². The van der Waals surface area contributed by atoms with Crippen molar-refractivity contribution in [2.45, 2.75) is 6.18 Å². The van der Waals surface area contributed by atoms with Crippen LogP contribution in [0.5, 0.6) is 11.5 Å². The number of nitrogens with zero attached hydrogens (tertiary/aromatic N) is 2. The van der Waals surface area contributed by atoms with Crippen molar-refractivity contribution in [2.24, 2.45) is 0 Å². The van der Waals surface area contributed by atoms with Crippen LogP contribution in [0.4, 0.5) is 13.2 Å². The molecule has 0 radical (unpaired) electrons. The Morgan fingerprint density at radius 3 is 2.28 bits per heavy atom. The number of benzene rings is 2. The molecule has 0 aliphatic carbocycles. The van der Waals surface area contributed by atoms with Crippen LogP contribution in [0.3, 0.4) is 0 Å². The highest BCUT2D eigenvalue weighted by molar-refractivity contribution is 5.95. The van der Waals surface area contributed by atoms with Gasteiger partial charge in [-0.2, -0.15) is 13.2 Å². The third kappa shape index (κ3) is 4.87. The highest BCUT2D eigenvalue weighted by Gasteiger charge is 2.32. The topological polar surface area (TPSA) is 59.1 Å². The minimum atomic E-state index is -4.51. The standard InChI is InChI=1S/C23H21F3N2O4/c24-23(25,26)18-3-1-2-17(15-18)22(30)28-10-8-27(9-11-28)21(29)7-5-16-4-6-19-20(14-16)32-13-12-31-19/h1-7,14-15H,8-13H2/b7-5+. The van der Waals surface area contributed by atoms with E-state index in [0.29, 0.717) is 37.8 Å². The van der Waals surface area contributed by atoms with Gasteiger partial charge in [0.1, 0.15) is 13.2 Å². The Labute approximate surface area is 182 Å². The number of amides is 2. The molecule has 2 aliphatic rings. The van der Waals surface area contributed by atoms with Gasteiger partial charge in [0.15, 0.2) is 11.5 Å². The monoisotopic (exact) mass is 446 g/mol. The Balaban J connectivity index is 1.34. The van der Waals surface area contributed by atoms with E-state index in [1.165, 1.54) is 23.1 Å². The molecule has 0 spiro atoms. The number of carbonyl (C=O) groups excluding carboxylic acids is 2. The highest BCUT2D eigenvalue weighted by atomic mass is 19.4. The second-order valence-corrected chi connectivity index (χ2v) is 7.43. The quantitative estimate of drug-likeness (QED) is 0.678. The molecular formula is C23H21F3N2O4. The van der Waals surface area contributed by atoms with Crippen LogP contribution in [0, 0.1) is 0 Å². The summed E-state index contributed by atoms with van der Waals surface area (Å²) in [5, 5.41) is 0. The lowest BCUT2D eigenvalue weighted by molar-refractivity contribution is -0.137. The van der Waals surface area contributed by atoms with Crippen LogP contribution in [-0.2, 0) is 11.0 Å². The van der Waals surface area contributed by atoms with E-state index < -0.39 is 17.6 Å². The molecule has 2 aromatic carbocycles. The minimum Gasteiger partial charge on any atom is -0.486 e. The van der Waals surface area contributed by atoms with Crippen LogP contribution >= 0.6 is 0 Å². The molecule has 2 aliphatic heterocycles. The van der Waals surface area contributed by atoms with Gasteiger partial charge >= 0.3 is 6.18 Å². The first-order valence-electron chi connectivity index (χ1n) is 10.1. The molecule has 9 heteroatoms. The lowest BCUT2D eigenvalue weighted by Crippen LogP contribution is -2.50. The summed E-state index contributed by atoms with van der Waals surface area (Å²) >= 11 is 0. The number of carbonyl (C=O) groups is 2. The van der Waals surface area contributed by atoms with Gasteiger partial charge in [-0.1, -0.05) is 12.1 Å². The maximum Gasteiger partial charge on any atom is 0.416 e. The number of fused-ring (bicyclic) bond motifs is 1. The lowest BCUT2D eigenvalue weighted by Gasteiger charge is -2.34. The highest BCUT2D eigenvalue weighted by Crippen LogP contribution is 2.31. The zero-order chi connectivity index (χ0) is 22.7. The van der Waals surface area contributed by atoms with E-state index >= 15 is 0 Å². The van der Waals surface area contributed by atoms with Crippen LogP contribution in [0.25, 0.3) is 6.08 Å². The normalized spacial score (nSPS) is 16.3. The summed E-state index contributed by atoms with van der Waals surface area (Å²) in [6, 6.07) is 9.78.